The lowest BCUT2D eigenvalue weighted by atomic mass is 10.1. The van der Waals surface area contributed by atoms with Crippen molar-refractivity contribution in [3.63, 3.8) is 0 Å². The number of amides is 2. The Balaban J connectivity index is 0.00000242. The van der Waals surface area contributed by atoms with E-state index >= 15 is 0 Å². The van der Waals surface area contributed by atoms with Gasteiger partial charge in [0, 0.05) is 37.2 Å². The lowest BCUT2D eigenvalue weighted by Crippen LogP contribution is -2.45. The van der Waals surface area contributed by atoms with Crippen LogP contribution in [-0.4, -0.2) is 35.3 Å². The highest BCUT2D eigenvalue weighted by Gasteiger charge is 2.20. The Morgan fingerprint density at radius 1 is 1.32 bits per heavy atom. The molecule has 1 aliphatic rings. The first-order valence-corrected chi connectivity index (χ1v) is 7.29. The van der Waals surface area contributed by atoms with Crippen LogP contribution in [-0.2, 0) is 11.3 Å². The second kappa shape index (κ2) is 7.61. The van der Waals surface area contributed by atoms with Crippen LogP contribution in [0.1, 0.15) is 42.6 Å². The summed E-state index contributed by atoms with van der Waals surface area (Å²) in [6, 6.07) is 7.37. The molecule has 0 spiro atoms. The van der Waals surface area contributed by atoms with Crippen molar-refractivity contribution >= 4 is 24.2 Å². The van der Waals surface area contributed by atoms with Gasteiger partial charge < -0.3 is 16.0 Å². The summed E-state index contributed by atoms with van der Waals surface area (Å²) in [6.07, 6.45) is 1.59. The largest absolute Gasteiger partial charge is 0.350 e. The second-order valence-electron chi connectivity index (χ2n) is 6.29. The second-order valence-corrected chi connectivity index (χ2v) is 6.29. The lowest BCUT2D eigenvalue weighted by molar-refractivity contribution is -0.128. The number of benzene rings is 1. The molecule has 122 valence electrons. The molecule has 0 unspecified atom stereocenters. The minimum atomic E-state index is -0.425. The summed E-state index contributed by atoms with van der Waals surface area (Å²) in [5.41, 5.74) is 7.06. The molecule has 1 saturated heterocycles. The van der Waals surface area contributed by atoms with Gasteiger partial charge in [-0.3, -0.25) is 9.59 Å². The first-order chi connectivity index (χ1) is 9.85. The van der Waals surface area contributed by atoms with Crippen LogP contribution < -0.4 is 11.1 Å². The molecule has 1 aromatic carbocycles. The number of nitrogens with one attached hydrogen (secondary N) is 1. The van der Waals surface area contributed by atoms with E-state index in [2.05, 4.69) is 5.32 Å². The molecule has 1 aliphatic heterocycles. The number of likely N-dealkylation sites (tertiary alicyclic amines) is 1. The lowest BCUT2D eigenvalue weighted by Gasteiger charge is -2.19. The van der Waals surface area contributed by atoms with Crippen molar-refractivity contribution in [3.05, 3.63) is 35.4 Å². The summed E-state index contributed by atoms with van der Waals surface area (Å²) in [6.45, 7) is 5.60. The maximum absolute atomic E-state index is 12.0. The third kappa shape index (κ3) is 5.31. The Morgan fingerprint density at radius 3 is 2.45 bits per heavy atom. The van der Waals surface area contributed by atoms with Gasteiger partial charge in [-0.25, -0.2) is 0 Å². The number of halogens is 1. The van der Waals surface area contributed by atoms with E-state index in [0.29, 0.717) is 25.1 Å². The van der Waals surface area contributed by atoms with Crippen molar-refractivity contribution < 1.29 is 9.59 Å². The number of rotatable bonds is 5. The number of nitrogens with two attached hydrogens (primary N) is 1. The summed E-state index contributed by atoms with van der Waals surface area (Å²) in [7, 11) is 0. The summed E-state index contributed by atoms with van der Waals surface area (Å²) < 4.78 is 0. The van der Waals surface area contributed by atoms with Gasteiger partial charge in [-0.2, -0.15) is 0 Å². The van der Waals surface area contributed by atoms with Gasteiger partial charge in [-0.1, -0.05) is 12.1 Å². The normalized spacial score (nSPS) is 14.7. The van der Waals surface area contributed by atoms with Gasteiger partial charge in [0.05, 0.1) is 0 Å². The first-order valence-electron chi connectivity index (χ1n) is 7.29. The van der Waals surface area contributed by atoms with Crippen molar-refractivity contribution in [1.82, 2.24) is 10.2 Å². The van der Waals surface area contributed by atoms with Gasteiger partial charge in [0.1, 0.15) is 0 Å². The Kier molecular flexibility index (Phi) is 6.38. The number of hydrogen-bond acceptors (Lipinski definition) is 3. The molecule has 0 aliphatic carbocycles. The number of nitrogens with zero attached hydrogens (tertiary/aromatic N) is 1. The smallest absolute Gasteiger partial charge is 0.251 e. The molecule has 22 heavy (non-hydrogen) atoms. The van der Waals surface area contributed by atoms with Crippen LogP contribution in [0, 0.1) is 0 Å². The fourth-order valence-electron chi connectivity index (χ4n) is 2.26. The molecule has 0 aromatic heterocycles. The van der Waals surface area contributed by atoms with Gasteiger partial charge in [0.2, 0.25) is 5.91 Å². The average molecular weight is 326 g/mol. The van der Waals surface area contributed by atoms with Crippen molar-refractivity contribution in [1.29, 1.82) is 0 Å². The van der Waals surface area contributed by atoms with Gasteiger partial charge in [-0.05, 0) is 38.0 Å². The van der Waals surface area contributed by atoms with E-state index in [0.717, 1.165) is 18.5 Å². The average Bonchev–Trinajstić information content (AvgIpc) is 2.82. The molecule has 1 fully saturated rings. The van der Waals surface area contributed by atoms with Crippen molar-refractivity contribution in [2.45, 2.75) is 38.8 Å². The molecule has 6 heteroatoms. The fourth-order valence-corrected chi connectivity index (χ4v) is 2.26. The van der Waals surface area contributed by atoms with E-state index in [-0.39, 0.29) is 24.2 Å². The number of carbonyl (C=O) groups excluding carboxylic acids is 2. The van der Waals surface area contributed by atoms with Crippen LogP contribution in [0.2, 0.25) is 0 Å². The first kappa shape index (κ1) is 18.5. The van der Waals surface area contributed by atoms with E-state index < -0.39 is 5.54 Å². The quantitative estimate of drug-likeness (QED) is 0.865. The SMILES string of the molecule is CC(C)(N)CNC(=O)c1ccc(CN2CCCC2=O)cc1.Cl. The molecule has 0 saturated carbocycles. The van der Waals surface area contributed by atoms with E-state index in [1.807, 2.05) is 30.9 Å². The van der Waals surface area contributed by atoms with Crippen molar-refractivity contribution in [3.8, 4) is 0 Å². The zero-order chi connectivity index (χ0) is 15.5. The summed E-state index contributed by atoms with van der Waals surface area (Å²) >= 11 is 0. The van der Waals surface area contributed by atoms with Crippen LogP contribution in [0.3, 0.4) is 0 Å². The standard InChI is InChI=1S/C16H23N3O2.ClH/c1-16(2,17)11-18-15(21)13-7-5-12(6-8-13)10-19-9-3-4-14(19)20;/h5-8H,3-4,9-11,17H2,1-2H3,(H,18,21);1H. The fraction of sp³-hybridized carbons (Fsp3) is 0.500. The van der Waals surface area contributed by atoms with E-state index in [9.17, 15) is 9.59 Å². The maximum Gasteiger partial charge on any atom is 0.251 e. The topological polar surface area (TPSA) is 75.4 Å². The molecule has 2 rings (SSSR count). The highest BCUT2D eigenvalue weighted by molar-refractivity contribution is 5.94. The van der Waals surface area contributed by atoms with E-state index in [4.69, 9.17) is 5.73 Å². The van der Waals surface area contributed by atoms with E-state index in [1.54, 1.807) is 12.1 Å². The van der Waals surface area contributed by atoms with Crippen LogP contribution >= 0.6 is 12.4 Å². The van der Waals surface area contributed by atoms with E-state index in [1.165, 1.54) is 0 Å². The van der Waals surface area contributed by atoms with Crippen LogP contribution in [0.15, 0.2) is 24.3 Å². The Labute approximate surface area is 137 Å². The summed E-state index contributed by atoms with van der Waals surface area (Å²) in [5, 5.41) is 2.81. The molecule has 0 atom stereocenters. The highest BCUT2D eigenvalue weighted by atomic mass is 35.5. The predicted octanol–water partition coefficient (Wildman–Crippen LogP) is 1.70. The van der Waals surface area contributed by atoms with Crippen molar-refractivity contribution in [2.75, 3.05) is 13.1 Å². The third-order valence-corrected chi connectivity index (χ3v) is 3.47. The zero-order valence-corrected chi connectivity index (χ0v) is 13.9. The minimum Gasteiger partial charge on any atom is -0.350 e. The number of carbonyl (C=O) groups is 2. The van der Waals surface area contributed by atoms with Crippen LogP contribution in [0.25, 0.3) is 0 Å². The Hall–Kier alpha value is -1.59. The summed E-state index contributed by atoms with van der Waals surface area (Å²) in [5.74, 6) is 0.0827. The van der Waals surface area contributed by atoms with Gasteiger partial charge in [0.25, 0.3) is 5.91 Å². The van der Waals surface area contributed by atoms with Crippen LogP contribution in [0.5, 0.6) is 0 Å². The van der Waals surface area contributed by atoms with Crippen molar-refractivity contribution in [2.24, 2.45) is 5.73 Å². The molecule has 2 amide bonds. The molecule has 0 radical (unpaired) electrons. The molecule has 3 N–H and O–H groups in total. The monoisotopic (exact) mass is 325 g/mol. The van der Waals surface area contributed by atoms with Gasteiger partial charge in [-0.15, -0.1) is 12.4 Å². The van der Waals surface area contributed by atoms with Gasteiger partial charge >= 0.3 is 0 Å². The Morgan fingerprint density at radius 2 is 1.95 bits per heavy atom. The molecular formula is C16H24ClN3O2. The molecule has 1 heterocycles. The molecule has 5 nitrogen and oxygen atoms in total. The number of hydrogen-bond donors (Lipinski definition) is 2. The van der Waals surface area contributed by atoms with Crippen LogP contribution in [0.4, 0.5) is 0 Å². The maximum atomic E-state index is 12.0. The molecule has 0 bridgehead atoms. The predicted molar refractivity (Wildman–Crippen MR) is 88.9 cm³/mol. The zero-order valence-electron chi connectivity index (χ0n) is 13.1. The Bertz CT molecular complexity index is 523. The van der Waals surface area contributed by atoms with Gasteiger partial charge in [0.15, 0.2) is 0 Å². The third-order valence-electron chi connectivity index (χ3n) is 3.47. The summed E-state index contributed by atoms with van der Waals surface area (Å²) in [4.78, 5) is 25.4. The minimum absolute atomic E-state index is 0. The highest BCUT2D eigenvalue weighted by Crippen LogP contribution is 2.14. The molecule has 1 aromatic rings. The molecular weight excluding hydrogens is 302 g/mol.